The minimum Gasteiger partial charge on any atom is -0.350 e. The fraction of sp³-hybridized carbons (Fsp3) is 0.130. The van der Waals surface area contributed by atoms with Crippen molar-refractivity contribution in [2.45, 2.75) is 19.6 Å². The molecule has 1 amide bonds. The van der Waals surface area contributed by atoms with Gasteiger partial charge in [0.15, 0.2) is 5.65 Å². The van der Waals surface area contributed by atoms with Gasteiger partial charge in [0, 0.05) is 12.7 Å². The maximum Gasteiger partial charge on any atom is 0.318 e. The summed E-state index contributed by atoms with van der Waals surface area (Å²) in [6.45, 7) is 0.314. The monoisotopic (exact) mass is 400 g/mol. The van der Waals surface area contributed by atoms with Crippen LogP contribution in [0, 0.1) is 0 Å². The number of carbonyl (C=O) groups excluding carboxylic acids is 1. The molecule has 0 bridgehead atoms. The summed E-state index contributed by atoms with van der Waals surface area (Å²) >= 11 is 0. The molecule has 30 heavy (non-hydrogen) atoms. The van der Waals surface area contributed by atoms with Crippen LogP contribution in [0.25, 0.3) is 11.2 Å². The van der Waals surface area contributed by atoms with Crippen LogP contribution in [0.2, 0.25) is 0 Å². The number of benzene rings is 2. The summed E-state index contributed by atoms with van der Waals surface area (Å²) in [5, 5.41) is 2.79. The molecule has 0 atom stereocenters. The molecule has 0 spiro atoms. The van der Waals surface area contributed by atoms with Gasteiger partial charge in [0.05, 0.1) is 12.1 Å². The molecule has 0 aliphatic rings. The standard InChI is InChI=1S/C23H20N4O3/c28-20(25-14-17-8-3-1-4-9-17)16-26-19-12-7-13-24-21(19)27(23(30)22(26)29)15-18-10-5-2-6-11-18/h1-13H,14-16H2,(H,25,28). The van der Waals surface area contributed by atoms with Crippen molar-refractivity contribution in [1.29, 1.82) is 0 Å². The molecule has 0 unspecified atom stereocenters. The maximum atomic E-state index is 12.8. The summed E-state index contributed by atoms with van der Waals surface area (Å²) in [6.07, 6.45) is 1.56. The van der Waals surface area contributed by atoms with Crippen molar-refractivity contribution >= 4 is 17.1 Å². The normalized spacial score (nSPS) is 10.8. The first-order chi connectivity index (χ1) is 14.6. The van der Waals surface area contributed by atoms with Crippen LogP contribution in [0.5, 0.6) is 0 Å². The van der Waals surface area contributed by atoms with Crippen molar-refractivity contribution in [3.05, 3.63) is 111 Å². The molecule has 1 N–H and O–H groups in total. The Morgan fingerprint density at radius 3 is 2.13 bits per heavy atom. The Morgan fingerprint density at radius 1 is 0.800 bits per heavy atom. The number of nitrogens with zero attached hydrogens (tertiary/aromatic N) is 3. The Morgan fingerprint density at radius 2 is 1.43 bits per heavy atom. The first-order valence-corrected chi connectivity index (χ1v) is 9.56. The van der Waals surface area contributed by atoms with E-state index in [2.05, 4.69) is 10.3 Å². The predicted molar refractivity (Wildman–Crippen MR) is 114 cm³/mol. The van der Waals surface area contributed by atoms with Gasteiger partial charge in [-0.1, -0.05) is 60.7 Å². The zero-order valence-corrected chi connectivity index (χ0v) is 16.2. The average molecular weight is 400 g/mol. The van der Waals surface area contributed by atoms with Gasteiger partial charge < -0.3 is 5.32 Å². The number of amides is 1. The third-order valence-electron chi connectivity index (χ3n) is 4.80. The Kier molecular flexibility index (Phi) is 5.52. The van der Waals surface area contributed by atoms with E-state index in [1.165, 1.54) is 9.13 Å². The van der Waals surface area contributed by atoms with Crippen molar-refractivity contribution < 1.29 is 4.79 Å². The van der Waals surface area contributed by atoms with Crippen molar-refractivity contribution in [2.24, 2.45) is 0 Å². The molecule has 7 heteroatoms. The second-order valence-electron chi connectivity index (χ2n) is 6.88. The quantitative estimate of drug-likeness (QED) is 0.501. The first kappa shape index (κ1) is 19.3. The minimum atomic E-state index is -0.749. The largest absolute Gasteiger partial charge is 0.350 e. The van der Waals surface area contributed by atoms with Gasteiger partial charge in [-0.15, -0.1) is 0 Å². The highest BCUT2D eigenvalue weighted by Gasteiger charge is 2.16. The topological polar surface area (TPSA) is 86.0 Å². The summed E-state index contributed by atoms with van der Waals surface area (Å²) in [5.41, 5.74) is 1.17. The number of rotatable bonds is 6. The van der Waals surface area contributed by atoms with Crippen LogP contribution in [0.1, 0.15) is 11.1 Å². The molecule has 0 radical (unpaired) electrons. The Labute approximate surface area is 172 Å². The third-order valence-corrected chi connectivity index (χ3v) is 4.80. The van der Waals surface area contributed by atoms with E-state index >= 15 is 0 Å². The molecule has 150 valence electrons. The SMILES string of the molecule is O=C(Cn1c(=O)c(=O)n(Cc2ccccc2)c2ncccc21)NCc1ccccc1. The molecule has 4 rings (SSSR count). The van der Waals surface area contributed by atoms with E-state index in [4.69, 9.17) is 0 Å². The van der Waals surface area contributed by atoms with Gasteiger partial charge in [-0.2, -0.15) is 0 Å². The zero-order chi connectivity index (χ0) is 20.9. The maximum absolute atomic E-state index is 12.8. The first-order valence-electron chi connectivity index (χ1n) is 9.56. The van der Waals surface area contributed by atoms with Gasteiger partial charge >= 0.3 is 11.1 Å². The molecule has 2 aromatic carbocycles. The number of aromatic nitrogens is 3. The summed E-state index contributed by atoms with van der Waals surface area (Å²) < 4.78 is 2.54. The molecule has 7 nitrogen and oxygen atoms in total. The highest BCUT2D eigenvalue weighted by atomic mass is 16.2. The second kappa shape index (κ2) is 8.57. The zero-order valence-electron chi connectivity index (χ0n) is 16.2. The Hall–Kier alpha value is -4.00. The van der Waals surface area contributed by atoms with Crippen LogP contribution in [0.3, 0.4) is 0 Å². The minimum absolute atomic E-state index is 0.226. The van der Waals surface area contributed by atoms with Crippen LogP contribution in [-0.4, -0.2) is 20.0 Å². The number of hydrogen-bond donors (Lipinski definition) is 1. The van der Waals surface area contributed by atoms with Crippen molar-refractivity contribution in [2.75, 3.05) is 0 Å². The fourth-order valence-corrected chi connectivity index (χ4v) is 3.31. The van der Waals surface area contributed by atoms with E-state index in [1.807, 2.05) is 60.7 Å². The van der Waals surface area contributed by atoms with Crippen molar-refractivity contribution in [3.63, 3.8) is 0 Å². The number of pyridine rings is 1. The van der Waals surface area contributed by atoms with Crippen LogP contribution >= 0.6 is 0 Å². The number of hydrogen-bond acceptors (Lipinski definition) is 4. The Balaban J connectivity index is 1.67. The predicted octanol–water partition coefficient (Wildman–Crippen LogP) is 1.92. The lowest BCUT2D eigenvalue weighted by Gasteiger charge is -2.14. The number of carbonyl (C=O) groups is 1. The number of nitrogens with one attached hydrogen (secondary N) is 1. The average Bonchev–Trinajstić information content (AvgIpc) is 2.79. The van der Waals surface area contributed by atoms with Gasteiger partial charge in [-0.3, -0.25) is 23.5 Å². The molecule has 0 saturated heterocycles. The van der Waals surface area contributed by atoms with Gasteiger partial charge in [0.1, 0.15) is 6.54 Å². The van der Waals surface area contributed by atoms with E-state index in [-0.39, 0.29) is 19.0 Å². The summed E-state index contributed by atoms with van der Waals surface area (Å²) in [6, 6.07) is 22.2. The van der Waals surface area contributed by atoms with Crippen molar-refractivity contribution in [1.82, 2.24) is 19.4 Å². The Bertz CT molecular complexity index is 1300. The molecule has 2 aromatic heterocycles. The van der Waals surface area contributed by atoms with Crippen LogP contribution < -0.4 is 16.4 Å². The van der Waals surface area contributed by atoms with E-state index in [0.717, 1.165) is 11.1 Å². The van der Waals surface area contributed by atoms with Gasteiger partial charge in [-0.25, -0.2) is 4.98 Å². The second-order valence-corrected chi connectivity index (χ2v) is 6.88. The molecule has 0 aliphatic heterocycles. The summed E-state index contributed by atoms with van der Waals surface area (Å²) in [4.78, 5) is 42.4. The molecule has 0 aliphatic carbocycles. The van der Waals surface area contributed by atoms with Gasteiger partial charge in [-0.05, 0) is 23.3 Å². The molecule has 2 heterocycles. The highest BCUT2D eigenvalue weighted by molar-refractivity contribution is 5.78. The third kappa shape index (κ3) is 4.05. The van der Waals surface area contributed by atoms with E-state index in [9.17, 15) is 14.4 Å². The molecule has 0 saturated carbocycles. The van der Waals surface area contributed by atoms with Gasteiger partial charge in [0.25, 0.3) is 0 Å². The molecular formula is C23H20N4O3. The van der Waals surface area contributed by atoms with E-state index < -0.39 is 11.1 Å². The summed E-state index contributed by atoms with van der Waals surface area (Å²) in [7, 11) is 0. The lowest BCUT2D eigenvalue weighted by atomic mass is 10.2. The van der Waals surface area contributed by atoms with Crippen LogP contribution in [0.15, 0.2) is 88.6 Å². The lowest BCUT2D eigenvalue weighted by Crippen LogP contribution is -2.44. The van der Waals surface area contributed by atoms with Crippen LogP contribution in [0.4, 0.5) is 0 Å². The highest BCUT2D eigenvalue weighted by Crippen LogP contribution is 2.10. The summed E-state index contributed by atoms with van der Waals surface area (Å²) in [5.74, 6) is -0.355. The smallest absolute Gasteiger partial charge is 0.318 e. The van der Waals surface area contributed by atoms with Crippen molar-refractivity contribution in [3.8, 4) is 0 Å². The number of fused-ring (bicyclic) bond motifs is 1. The lowest BCUT2D eigenvalue weighted by molar-refractivity contribution is -0.121. The fourth-order valence-electron chi connectivity index (χ4n) is 3.31. The van der Waals surface area contributed by atoms with E-state index in [1.54, 1.807) is 18.3 Å². The van der Waals surface area contributed by atoms with Crippen LogP contribution in [-0.2, 0) is 24.4 Å². The molecule has 0 fully saturated rings. The van der Waals surface area contributed by atoms with Gasteiger partial charge in [0.2, 0.25) is 5.91 Å². The van der Waals surface area contributed by atoms with E-state index in [0.29, 0.717) is 17.7 Å². The molecular weight excluding hydrogens is 380 g/mol. The molecule has 4 aromatic rings.